The number of aryl methyl sites for hydroxylation is 2. The van der Waals surface area contributed by atoms with E-state index in [1.54, 1.807) is 13.1 Å². The molecule has 0 aliphatic carbocycles. The van der Waals surface area contributed by atoms with Crippen molar-refractivity contribution < 1.29 is 12.8 Å². The van der Waals surface area contributed by atoms with Crippen molar-refractivity contribution in [3.63, 3.8) is 0 Å². The molecule has 0 aliphatic heterocycles. The lowest BCUT2D eigenvalue weighted by Gasteiger charge is -2.11. The number of nitrogens with zero attached hydrogens (tertiary/aromatic N) is 2. The second-order valence-corrected chi connectivity index (χ2v) is 9.29. The van der Waals surface area contributed by atoms with E-state index in [1.807, 2.05) is 48.7 Å². The van der Waals surface area contributed by atoms with Gasteiger partial charge in [-0.25, -0.2) is 17.9 Å². The van der Waals surface area contributed by atoms with E-state index in [0.29, 0.717) is 10.5 Å². The van der Waals surface area contributed by atoms with Crippen LogP contribution in [0.15, 0.2) is 62.6 Å². The van der Waals surface area contributed by atoms with Crippen LogP contribution in [0, 0.1) is 13.8 Å². The van der Waals surface area contributed by atoms with E-state index in [1.165, 1.54) is 16.7 Å². The quantitative estimate of drug-likeness (QED) is 0.507. The predicted molar refractivity (Wildman–Crippen MR) is 116 cm³/mol. The molecule has 0 saturated carbocycles. The Balaban J connectivity index is 1.60. The second kappa shape index (κ2) is 7.46. The molecular weight excluding hydrogens is 426 g/mol. The summed E-state index contributed by atoms with van der Waals surface area (Å²) in [6.45, 7) is 4.03. The van der Waals surface area contributed by atoms with Gasteiger partial charge in [-0.05, 0) is 61.9 Å². The number of oxazole rings is 1. The molecule has 0 atom stereocenters. The Hall–Kier alpha value is -2.81. The van der Waals surface area contributed by atoms with Crippen molar-refractivity contribution in [3.8, 4) is 5.69 Å². The van der Waals surface area contributed by atoms with Gasteiger partial charge >= 0.3 is 5.76 Å². The minimum absolute atomic E-state index is 0.0378. The Morgan fingerprint density at radius 3 is 2.47 bits per heavy atom. The SMILES string of the molecule is Cc1cc(CNS(=O)(=O)c2ccc3c(c2)oc(=O)n3C)c(C)n1-c1ccc(Cl)cc1. The summed E-state index contributed by atoms with van der Waals surface area (Å²) in [5, 5.41) is 0.653. The summed E-state index contributed by atoms with van der Waals surface area (Å²) in [6, 6.07) is 13.8. The van der Waals surface area contributed by atoms with Gasteiger partial charge in [0.25, 0.3) is 0 Å². The predicted octanol–water partition coefficient (Wildman–Crippen LogP) is 3.67. The van der Waals surface area contributed by atoms with Crippen LogP contribution in [-0.2, 0) is 23.6 Å². The highest BCUT2D eigenvalue weighted by Crippen LogP contribution is 2.23. The first-order valence-electron chi connectivity index (χ1n) is 9.20. The molecule has 7 nitrogen and oxygen atoms in total. The molecule has 9 heteroatoms. The van der Waals surface area contributed by atoms with Crippen LogP contribution in [-0.4, -0.2) is 17.6 Å². The number of rotatable bonds is 5. The van der Waals surface area contributed by atoms with Gasteiger partial charge in [0.2, 0.25) is 10.0 Å². The molecule has 0 unspecified atom stereocenters. The molecule has 0 radical (unpaired) electrons. The number of aromatic nitrogens is 2. The third-order valence-corrected chi connectivity index (χ3v) is 6.80. The summed E-state index contributed by atoms with van der Waals surface area (Å²) < 4.78 is 36.7. The van der Waals surface area contributed by atoms with Crippen molar-refractivity contribution in [2.24, 2.45) is 7.05 Å². The van der Waals surface area contributed by atoms with E-state index < -0.39 is 15.8 Å². The minimum Gasteiger partial charge on any atom is -0.408 e. The fourth-order valence-electron chi connectivity index (χ4n) is 3.53. The van der Waals surface area contributed by atoms with Gasteiger partial charge in [-0.15, -0.1) is 0 Å². The molecule has 0 saturated heterocycles. The average molecular weight is 446 g/mol. The number of benzene rings is 2. The average Bonchev–Trinajstić information content (AvgIpc) is 3.15. The van der Waals surface area contributed by atoms with E-state index in [-0.39, 0.29) is 17.0 Å². The van der Waals surface area contributed by atoms with Crippen LogP contribution in [0.25, 0.3) is 16.8 Å². The monoisotopic (exact) mass is 445 g/mol. The molecule has 30 heavy (non-hydrogen) atoms. The van der Waals surface area contributed by atoms with E-state index in [9.17, 15) is 13.2 Å². The van der Waals surface area contributed by atoms with Crippen molar-refractivity contribution in [1.29, 1.82) is 0 Å². The Bertz CT molecular complexity index is 1410. The zero-order chi connectivity index (χ0) is 21.6. The molecule has 0 fully saturated rings. The van der Waals surface area contributed by atoms with Crippen molar-refractivity contribution in [2.75, 3.05) is 0 Å². The van der Waals surface area contributed by atoms with Crippen molar-refractivity contribution >= 4 is 32.7 Å². The lowest BCUT2D eigenvalue weighted by atomic mass is 10.2. The molecule has 1 N–H and O–H groups in total. The van der Waals surface area contributed by atoms with Gasteiger partial charge < -0.3 is 8.98 Å². The van der Waals surface area contributed by atoms with Crippen molar-refractivity contribution in [2.45, 2.75) is 25.3 Å². The fourth-order valence-corrected chi connectivity index (χ4v) is 4.68. The van der Waals surface area contributed by atoms with E-state index in [4.69, 9.17) is 16.0 Å². The van der Waals surface area contributed by atoms with Crippen LogP contribution in [0.3, 0.4) is 0 Å². The van der Waals surface area contributed by atoms with Gasteiger partial charge in [0.05, 0.1) is 10.4 Å². The smallest absolute Gasteiger partial charge is 0.408 e. The second-order valence-electron chi connectivity index (χ2n) is 7.09. The van der Waals surface area contributed by atoms with Gasteiger partial charge in [-0.1, -0.05) is 11.6 Å². The normalized spacial score (nSPS) is 12.0. The zero-order valence-electron chi connectivity index (χ0n) is 16.6. The van der Waals surface area contributed by atoms with Gasteiger partial charge in [0.1, 0.15) is 0 Å². The number of halogens is 1. The largest absolute Gasteiger partial charge is 0.419 e. The standard InChI is InChI=1S/C21H20ClN3O4S/c1-13-10-15(14(2)25(13)17-6-4-16(22)5-7-17)12-23-30(27,28)18-8-9-19-20(11-18)29-21(26)24(19)3/h4-11,23H,12H2,1-3H3. The molecule has 0 spiro atoms. The summed E-state index contributed by atoms with van der Waals surface area (Å²) in [4.78, 5) is 11.7. The summed E-state index contributed by atoms with van der Waals surface area (Å²) in [5.41, 5.74) is 4.49. The number of nitrogens with one attached hydrogen (secondary N) is 1. The minimum atomic E-state index is -3.79. The summed E-state index contributed by atoms with van der Waals surface area (Å²) in [6.07, 6.45) is 0. The number of hydrogen-bond acceptors (Lipinski definition) is 4. The van der Waals surface area contributed by atoms with Crippen LogP contribution in [0.2, 0.25) is 5.02 Å². The highest BCUT2D eigenvalue weighted by atomic mass is 35.5. The Morgan fingerprint density at radius 1 is 1.07 bits per heavy atom. The first-order valence-corrected chi connectivity index (χ1v) is 11.1. The van der Waals surface area contributed by atoms with Crippen LogP contribution >= 0.6 is 11.6 Å². The lowest BCUT2D eigenvalue weighted by Crippen LogP contribution is -2.23. The van der Waals surface area contributed by atoms with Crippen LogP contribution in [0.5, 0.6) is 0 Å². The van der Waals surface area contributed by atoms with E-state index >= 15 is 0 Å². The van der Waals surface area contributed by atoms with Gasteiger partial charge in [0.15, 0.2) is 5.58 Å². The molecule has 2 heterocycles. The summed E-state index contributed by atoms with van der Waals surface area (Å²) in [7, 11) is -2.23. The Morgan fingerprint density at radius 2 is 1.77 bits per heavy atom. The molecule has 0 aliphatic rings. The molecule has 2 aromatic heterocycles. The molecule has 0 amide bonds. The maximum absolute atomic E-state index is 12.8. The fraction of sp³-hybridized carbons (Fsp3) is 0.190. The third-order valence-electron chi connectivity index (χ3n) is 5.15. The van der Waals surface area contributed by atoms with Gasteiger partial charge in [-0.2, -0.15) is 0 Å². The summed E-state index contributed by atoms with van der Waals surface area (Å²) >= 11 is 5.98. The summed E-state index contributed by atoms with van der Waals surface area (Å²) in [5.74, 6) is -0.540. The first-order chi connectivity index (χ1) is 14.2. The highest BCUT2D eigenvalue weighted by molar-refractivity contribution is 7.89. The molecular formula is C21H20ClN3O4S. The highest BCUT2D eigenvalue weighted by Gasteiger charge is 2.18. The molecule has 0 bridgehead atoms. The molecule has 4 rings (SSSR count). The first kappa shape index (κ1) is 20.5. The maximum atomic E-state index is 12.8. The van der Waals surface area contributed by atoms with Gasteiger partial charge in [0, 0.05) is 41.8 Å². The zero-order valence-corrected chi connectivity index (χ0v) is 18.2. The van der Waals surface area contributed by atoms with Crippen LogP contribution in [0.1, 0.15) is 17.0 Å². The van der Waals surface area contributed by atoms with Crippen LogP contribution in [0.4, 0.5) is 0 Å². The lowest BCUT2D eigenvalue weighted by molar-refractivity contribution is 0.527. The van der Waals surface area contributed by atoms with Gasteiger partial charge in [-0.3, -0.25) is 4.57 Å². The number of hydrogen-bond donors (Lipinski definition) is 1. The Labute approximate surface area is 178 Å². The van der Waals surface area contributed by atoms with E-state index in [2.05, 4.69) is 4.72 Å². The van der Waals surface area contributed by atoms with E-state index in [0.717, 1.165) is 22.6 Å². The number of sulfonamides is 1. The van der Waals surface area contributed by atoms with Crippen molar-refractivity contribution in [1.82, 2.24) is 13.9 Å². The maximum Gasteiger partial charge on any atom is 0.419 e. The third kappa shape index (κ3) is 3.58. The Kier molecular flexibility index (Phi) is 5.09. The molecule has 4 aromatic rings. The van der Waals surface area contributed by atoms with Crippen molar-refractivity contribution in [3.05, 3.63) is 81.1 Å². The number of fused-ring (bicyclic) bond motifs is 1. The van der Waals surface area contributed by atoms with Crippen LogP contribution < -0.4 is 10.5 Å². The molecule has 156 valence electrons. The topological polar surface area (TPSA) is 86.2 Å². The molecule has 2 aromatic carbocycles.